The molecule has 1 aliphatic rings. The van der Waals surface area contributed by atoms with E-state index in [1.807, 2.05) is 39.5 Å². The molecule has 0 aromatic heterocycles. The average Bonchev–Trinajstić information content (AvgIpc) is 2.98. The quantitative estimate of drug-likeness (QED) is 0.292. The summed E-state index contributed by atoms with van der Waals surface area (Å²) in [5, 5.41) is 6.65. The van der Waals surface area contributed by atoms with Gasteiger partial charge in [-0.2, -0.15) is 0 Å². The third-order valence-corrected chi connectivity index (χ3v) is 5.44. The molecule has 0 bridgehead atoms. The summed E-state index contributed by atoms with van der Waals surface area (Å²) in [6.45, 7) is 12.7. The summed E-state index contributed by atoms with van der Waals surface area (Å²) < 4.78 is 22.8. The largest absolute Gasteiger partial charge is 0.357 e. The van der Waals surface area contributed by atoms with Gasteiger partial charge in [0, 0.05) is 44.4 Å². The lowest BCUT2D eigenvalue weighted by molar-refractivity contribution is -0.133. The van der Waals surface area contributed by atoms with Crippen LogP contribution in [0.15, 0.2) is 4.99 Å². The maximum atomic E-state index is 12.1. The predicted octanol–water partition coefficient (Wildman–Crippen LogP) is 1.88. The Hall–Kier alpha value is -0.580. The Bertz CT molecular complexity index is 606. The van der Waals surface area contributed by atoms with Crippen LogP contribution in [0.1, 0.15) is 47.5 Å². The van der Waals surface area contributed by atoms with Crippen molar-refractivity contribution in [3.05, 3.63) is 0 Å². The standard InChI is InChI=1S/C18H36N4O3S.HI/c1-7-19-17(20-13-18(4,5)9-11-26(6,24)25)21-15-8-10-22(12-15)16(23)14(2)3;/h14-15H,7-13H2,1-6H3,(H2,19,20,21);1H. The molecule has 0 radical (unpaired) electrons. The number of hydrogen-bond acceptors (Lipinski definition) is 4. The molecule has 9 heteroatoms. The number of nitrogens with zero attached hydrogens (tertiary/aromatic N) is 2. The van der Waals surface area contributed by atoms with Crippen LogP contribution in [0.4, 0.5) is 0 Å². The second-order valence-corrected chi connectivity index (χ2v) is 10.6. The number of sulfone groups is 1. The normalized spacial score (nSPS) is 18.4. The lowest BCUT2D eigenvalue weighted by Gasteiger charge is -2.24. The Labute approximate surface area is 182 Å². The smallest absolute Gasteiger partial charge is 0.225 e. The zero-order chi connectivity index (χ0) is 20.0. The summed E-state index contributed by atoms with van der Waals surface area (Å²) in [5.74, 6) is 1.11. The predicted molar refractivity (Wildman–Crippen MR) is 122 cm³/mol. The van der Waals surface area contributed by atoms with Gasteiger partial charge in [0.25, 0.3) is 0 Å². The van der Waals surface area contributed by atoms with Gasteiger partial charge in [-0.15, -0.1) is 24.0 Å². The summed E-state index contributed by atoms with van der Waals surface area (Å²) in [6.07, 6.45) is 2.75. The summed E-state index contributed by atoms with van der Waals surface area (Å²) in [7, 11) is -2.96. The fourth-order valence-electron chi connectivity index (χ4n) is 2.79. The van der Waals surface area contributed by atoms with Gasteiger partial charge >= 0.3 is 0 Å². The molecule has 1 rings (SSSR count). The zero-order valence-corrected chi connectivity index (χ0v) is 20.7. The van der Waals surface area contributed by atoms with Crippen molar-refractivity contribution < 1.29 is 13.2 Å². The van der Waals surface area contributed by atoms with E-state index in [-0.39, 0.29) is 53.0 Å². The van der Waals surface area contributed by atoms with E-state index < -0.39 is 9.84 Å². The number of amides is 1. The Kier molecular flexibility index (Phi) is 11.2. The van der Waals surface area contributed by atoms with Gasteiger partial charge in [0.05, 0.1) is 5.75 Å². The van der Waals surface area contributed by atoms with Crippen molar-refractivity contribution in [1.29, 1.82) is 0 Å². The molecule has 1 unspecified atom stereocenters. The van der Waals surface area contributed by atoms with Gasteiger partial charge in [0.1, 0.15) is 9.84 Å². The molecular formula is C18H37IN4O3S. The Balaban J connectivity index is 0.00000676. The van der Waals surface area contributed by atoms with Crippen molar-refractivity contribution in [1.82, 2.24) is 15.5 Å². The molecular weight excluding hydrogens is 479 g/mol. The molecule has 1 aliphatic heterocycles. The van der Waals surface area contributed by atoms with E-state index in [1.54, 1.807) is 0 Å². The minimum absolute atomic E-state index is 0. The lowest BCUT2D eigenvalue weighted by Crippen LogP contribution is -2.45. The summed E-state index contributed by atoms with van der Waals surface area (Å²) in [5.41, 5.74) is -0.194. The van der Waals surface area contributed by atoms with Crippen molar-refractivity contribution in [2.45, 2.75) is 53.5 Å². The molecule has 1 fully saturated rings. The number of carbonyl (C=O) groups is 1. The number of nitrogens with one attached hydrogen (secondary N) is 2. The van der Waals surface area contributed by atoms with Crippen molar-refractivity contribution in [2.24, 2.45) is 16.3 Å². The number of rotatable bonds is 8. The van der Waals surface area contributed by atoms with Gasteiger partial charge in [-0.3, -0.25) is 9.79 Å². The van der Waals surface area contributed by atoms with Gasteiger partial charge in [-0.25, -0.2) is 8.42 Å². The molecule has 160 valence electrons. The molecule has 0 aromatic carbocycles. The average molecular weight is 516 g/mol. The molecule has 1 saturated heterocycles. The number of likely N-dealkylation sites (tertiary alicyclic amines) is 1. The third kappa shape index (κ3) is 10.5. The Morgan fingerprint density at radius 3 is 2.48 bits per heavy atom. The highest BCUT2D eigenvalue weighted by atomic mass is 127. The van der Waals surface area contributed by atoms with Crippen LogP contribution < -0.4 is 10.6 Å². The fraction of sp³-hybridized carbons (Fsp3) is 0.889. The fourth-order valence-corrected chi connectivity index (χ4v) is 3.71. The van der Waals surface area contributed by atoms with E-state index in [4.69, 9.17) is 0 Å². The summed E-state index contributed by atoms with van der Waals surface area (Å²) >= 11 is 0. The van der Waals surface area contributed by atoms with Crippen LogP contribution in [0.5, 0.6) is 0 Å². The van der Waals surface area contributed by atoms with Gasteiger partial charge in [-0.05, 0) is 25.2 Å². The SMILES string of the molecule is CCNC(=NCC(C)(C)CCS(C)(=O)=O)NC1CCN(C(=O)C(C)C)C1.I. The number of hydrogen-bond donors (Lipinski definition) is 2. The first-order chi connectivity index (χ1) is 11.9. The van der Waals surface area contributed by atoms with E-state index in [1.165, 1.54) is 6.26 Å². The monoisotopic (exact) mass is 516 g/mol. The molecule has 1 atom stereocenters. The first-order valence-corrected chi connectivity index (χ1v) is 11.5. The summed E-state index contributed by atoms with van der Waals surface area (Å²) in [4.78, 5) is 18.7. The molecule has 0 saturated carbocycles. The van der Waals surface area contributed by atoms with Crippen LogP contribution in [0.2, 0.25) is 0 Å². The second kappa shape index (κ2) is 11.4. The van der Waals surface area contributed by atoms with E-state index in [9.17, 15) is 13.2 Å². The molecule has 1 heterocycles. The molecule has 0 spiro atoms. The van der Waals surface area contributed by atoms with Crippen LogP contribution in [0.25, 0.3) is 0 Å². The molecule has 0 aromatic rings. The van der Waals surface area contributed by atoms with E-state index in [0.29, 0.717) is 19.5 Å². The maximum absolute atomic E-state index is 12.1. The highest BCUT2D eigenvalue weighted by molar-refractivity contribution is 14.0. The molecule has 27 heavy (non-hydrogen) atoms. The van der Waals surface area contributed by atoms with Gasteiger partial charge in [-0.1, -0.05) is 27.7 Å². The van der Waals surface area contributed by atoms with E-state index in [0.717, 1.165) is 25.5 Å². The Morgan fingerprint density at radius 1 is 1.33 bits per heavy atom. The topological polar surface area (TPSA) is 90.9 Å². The molecule has 7 nitrogen and oxygen atoms in total. The Morgan fingerprint density at radius 2 is 1.96 bits per heavy atom. The van der Waals surface area contributed by atoms with Crippen LogP contribution in [-0.2, 0) is 14.6 Å². The van der Waals surface area contributed by atoms with Crippen LogP contribution >= 0.6 is 24.0 Å². The number of carbonyl (C=O) groups excluding carboxylic acids is 1. The third-order valence-electron chi connectivity index (χ3n) is 4.49. The molecule has 1 amide bonds. The van der Waals surface area contributed by atoms with E-state index in [2.05, 4.69) is 15.6 Å². The van der Waals surface area contributed by atoms with Crippen molar-refractivity contribution in [3.8, 4) is 0 Å². The number of aliphatic imine (C=N–C) groups is 1. The molecule has 2 N–H and O–H groups in total. The summed E-state index contributed by atoms with van der Waals surface area (Å²) in [6, 6.07) is 0.189. The number of halogens is 1. The van der Waals surface area contributed by atoms with Crippen LogP contribution in [0.3, 0.4) is 0 Å². The van der Waals surface area contributed by atoms with Gasteiger partial charge in [0.2, 0.25) is 5.91 Å². The molecule has 0 aliphatic carbocycles. The minimum Gasteiger partial charge on any atom is -0.357 e. The second-order valence-electron chi connectivity index (χ2n) is 8.31. The lowest BCUT2D eigenvalue weighted by atomic mass is 9.90. The van der Waals surface area contributed by atoms with Crippen molar-refractivity contribution in [3.63, 3.8) is 0 Å². The van der Waals surface area contributed by atoms with Crippen LogP contribution in [-0.4, -0.2) is 69.4 Å². The minimum atomic E-state index is -2.96. The number of guanidine groups is 1. The van der Waals surface area contributed by atoms with E-state index >= 15 is 0 Å². The van der Waals surface area contributed by atoms with Crippen molar-refractivity contribution >= 4 is 45.7 Å². The zero-order valence-electron chi connectivity index (χ0n) is 17.5. The van der Waals surface area contributed by atoms with Gasteiger partial charge < -0.3 is 15.5 Å². The van der Waals surface area contributed by atoms with Crippen LogP contribution in [0, 0.1) is 11.3 Å². The first kappa shape index (κ1) is 26.4. The van der Waals surface area contributed by atoms with Crippen molar-refractivity contribution in [2.75, 3.05) is 38.2 Å². The van der Waals surface area contributed by atoms with Gasteiger partial charge in [0.15, 0.2) is 5.96 Å². The highest BCUT2D eigenvalue weighted by Gasteiger charge is 2.28. The highest BCUT2D eigenvalue weighted by Crippen LogP contribution is 2.21. The first-order valence-electron chi connectivity index (χ1n) is 9.45. The maximum Gasteiger partial charge on any atom is 0.225 e.